The van der Waals surface area contributed by atoms with Gasteiger partial charge >= 0.3 is 6.18 Å². The van der Waals surface area contributed by atoms with Crippen molar-refractivity contribution >= 4 is 11.8 Å². The summed E-state index contributed by atoms with van der Waals surface area (Å²) in [6, 6.07) is 5.79. The highest BCUT2D eigenvalue weighted by atomic mass is 32.2. The van der Waals surface area contributed by atoms with Crippen molar-refractivity contribution in [1.82, 2.24) is 5.32 Å². The van der Waals surface area contributed by atoms with Crippen LogP contribution in [-0.4, -0.2) is 17.5 Å². The topological polar surface area (TPSA) is 12.0 Å². The van der Waals surface area contributed by atoms with Crippen LogP contribution in [0.1, 0.15) is 49.8 Å². The Morgan fingerprint density at radius 2 is 2.05 bits per heavy atom. The number of hydrogen-bond donors (Lipinski definition) is 1. The average molecular weight is 317 g/mol. The highest BCUT2D eigenvalue weighted by molar-refractivity contribution is 8.00. The van der Waals surface area contributed by atoms with Crippen LogP contribution >= 0.6 is 11.8 Å². The number of nitrogens with one attached hydrogen (secondary N) is 1. The fraction of sp³-hybridized carbons (Fsp3) is 0.625. The standard InChI is InChI=1S/C16H22F3NS/c1-2-10-20-15(14-9-5-6-11-21-14)12-7-3-4-8-13(12)16(17,18)19/h3-4,7-8,14-15,20H,2,5-6,9-11H2,1H3. The van der Waals surface area contributed by atoms with E-state index in [0.29, 0.717) is 5.56 Å². The van der Waals surface area contributed by atoms with Crippen LogP contribution in [0.4, 0.5) is 13.2 Å². The van der Waals surface area contributed by atoms with E-state index in [1.807, 2.05) is 6.92 Å². The first-order valence-electron chi connectivity index (χ1n) is 7.55. The van der Waals surface area contributed by atoms with E-state index < -0.39 is 11.7 Å². The Morgan fingerprint density at radius 3 is 2.67 bits per heavy atom. The summed E-state index contributed by atoms with van der Waals surface area (Å²) in [4.78, 5) is 0. The van der Waals surface area contributed by atoms with Gasteiger partial charge in [0, 0.05) is 11.3 Å². The Kier molecular flexibility index (Phi) is 5.99. The summed E-state index contributed by atoms with van der Waals surface area (Å²) in [6.07, 6.45) is -0.110. The normalized spacial score (nSPS) is 21.2. The highest BCUT2D eigenvalue weighted by Gasteiger charge is 2.37. The van der Waals surface area contributed by atoms with Gasteiger partial charge in [0.05, 0.1) is 5.56 Å². The lowest BCUT2D eigenvalue weighted by Crippen LogP contribution is -2.34. The van der Waals surface area contributed by atoms with Crippen LogP contribution < -0.4 is 5.32 Å². The molecule has 1 aromatic rings. The van der Waals surface area contributed by atoms with Crippen molar-refractivity contribution in [3.63, 3.8) is 0 Å². The predicted molar refractivity (Wildman–Crippen MR) is 82.6 cm³/mol. The van der Waals surface area contributed by atoms with Crippen LogP contribution in [0.25, 0.3) is 0 Å². The van der Waals surface area contributed by atoms with Gasteiger partial charge in [-0.25, -0.2) is 0 Å². The first kappa shape index (κ1) is 16.7. The molecule has 0 radical (unpaired) electrons. The lowest BCUT2D eigenvalue weighted by Gasteiger charge is -2.32. The van der Waals surface area contributed by atoms with Gasteiger partial charge in [-0.05, 0) is 43.2 Å². The minimum Gasteiger partial charge on any atom is -0.309 e. The van der Waals surface area contributed by atoms with E-state index in [0.717, 1.165) is 31.6 Å². The third-order valence-corrected chi connectivity index (χ3v) is 5.26. The maximum Gasteiger partial charge on any atom is 0.416 e. The molecule has 1 heterocycles. The predicted octanol–water partition coefficient (Wildman–Crippen LogP) is 5.03. The molecule has 2 unspecified atom stereocenters. The summed E-state index contributed by atoms with van der Waals surface area (Å²) in [5, 5.41) is 3.58. The largest absolute Gasteiger partial charge is 0.416 e. The SMILES string of the molecule is CCCNC(c1ccccc1C(F)(F)F)C1CCCCS1. The zero-order valence-electron chi connectivity index (χ0n) is 12.2. The van der Waals surface area contributed by atoms with Gasteiger partial charge in [0.15, 0.2) is 0 Å². The number of alkyl halides is 3. The fourth-order valence-corrected chi connectivity index (χ4v) is 4.24. The Morgan fingerprint density at radius 1 is 1.29 bits per heavy atom. The van der Waals surface area contributed by atoms with E-state index >= 15 is 0 Å². The third-order valence-electron chi connectivity index (χ3n) is 3.80. The Labute approximate surface area is 128 Å². The molecule has 0 bridgehead atoms. The van der Waals surface area contributed by atoms with Crippen molar-refractivity contribution in [2.24, 2.45) is 0 Å². The third kappa shape index (κ3) is 4.39. The van der Waals surface area contributed by atoms with Crippen molar-refractivity contribution < 1.29 is 13.2 Å². The number of hydrogen-bond acceptors (Lipinski definition) is 2. The minimum atomic E-state index is -4.29. The van der Waals surface area contributed by atoms with E-state index in [1.54, 1.807) is 23.9 Å². The van der Waals surface area contributed by atoms with Crippen molar-refractivity contribution in [1.29, 1.82) is 0 Å². The molecular weight excluding hydrogens is 295 g/mol. The molecule has 1 aliphatic heterocycles. The number of rotatable bonds is 5. The molecule has 1 saturated heterocycles. The van der Waals surface area contributed by atoms with Gasteiger partial charge in [0.1, 0.15) is 0 Å². The Bertz CT molecular complexity index is 441. The molecule has 1 aromatic carbocycles. The molecule has 0 saturated carbocycles. The second-order valence-electron chi connectivity index (χ2n) is 5.42. The zero-order chi connectivity index (χ0) is 15.3. The molecule has 1 nitrogen and oxygen atoms in total. The van der Waals surface area contributed by atoms with Gasteiger partial charge in [0.25, 0.3) is 0 Å². The van der Waals surface area contributed by atoms with Gasteiger partial charge in [-0.2, -0.15) is 24.9 Å². The fourth-order valence-electron chi connectivity index (χ4n) is 2.80. The molecule has 1 fully saturated rings. The first-order chi connectivity index (χ1) is 10.0. The lowest BCUT2D eigenvalue weighted by atomic mass is 9.94. The quantitative estimate of drug-likeness (QED) is 0.817. The van der Waals surface area contributed by atoms with Crippen LogP contribution in [0.3, 0.4) is 0 Å². The van der Waals surface area contributed by atoms with Gasteiger partial charge < -0.3 is 5.32 Å². The maximum atomic E-state index is 13.3. The molecule has 1 aliphatic rings. The minimum absolute atomic E-state index is 0.215. The van der Waals surface area contributed by atoms with E-state index in [-0.39, 0.29) is 11.3 Å². The van der Waals surface area contributed by atoms with Crippen molar-refractivity contribution in [2.75, 3.05) is 12.3 Å². The lowest BCUT2D eigenvalue weighted by molar-refractivity contribution is -0.138. The second-order valence-corrected chi connectivity index (χ2v) is 6.77. The summed E-state index contributed by atoms with van der Waals surface area (Å²) in [5.41, 5.74) is -0.0948. The molecule has 0 aromatic heterocycles. The van der Waals surface area contributed by atoms with E-state index in [2.05, 4.69) is 5.32 Å². The number of benzene rings is 1. The van der Waals surface area contributed by atoms with Gasteiger partial charge in [-0.3, -0.25) is 0 Å². The molecule has 1 N–H and O–H groups in total. The van der Waals surface area contributed by atoms with Crippen LogP contribution in [0.15, 0.2) is 24.3 Å². The van der Waals surface area contributed by atoms with Crippen molar-refractivity contribution in [3.05, 3.63) is 35.4 Å². The van der Waals surface area contributed by atoms with Gasteiger partial charge in [0.2, 0.25) is 0 Å². The number of halogens is 3. The van der Waals surface area contributed by atoms with Crippen LogP contribution in [-0.2, 0) is 6.18 Å². The summed E-state index contributed by atoms with van der Waals surface area (Å²) in [7, 11) is 0. The van der Waals surface area contributed by atoms with Gasteiger partial charge in [-0.1, -0.05) is 31.5 Å². The molecule has 0 amide bonds. The summed E-state index contributed by atoms with van der Waals surface area (Å²) in [6.45, 7) is 2.78. The number of thioether (sulfide) groups is 1. The molecule has 0 aliphatic carbocycles. The highest BCUT2D eigenvalue weighted by Crippen LogP contribution is 2.40. The monoisotopic (exact) mass is 317 g/mol. The van der Waals surface area contributed by atoms with Crippen LogP contribution in [0, 0.1) is 0 Å². The molecule has 5 heteroatoms. The van der Waals surface area contributed by atoms with Crippen molar-refractivity contribution in [3.8, 4) is 0 Å². The van der Waals surface area contributed by atoms with Crippen LogP contribution in [0.5, 0.6) is 0 Å². The average Bonchev–Trinajstić information content (AvgIpc) is 2.48. The van der Waals surface area contributed by atoms with Crippen LogP contribution in [0.2, 0.25) is 0 Å². The molecule has 2 atom stereocenters. The van der Waals surface area contributed by atoms with Gasteiger partial charge in [-0.15, -0.1) is 0 Å². The smallest absolute Gasteiger partial charge is 0.309 e. The van der Waals surface area contributed by atoms with Crippen molar-refractivity contribution in [2.45, 2.75) is 50.1 Å². The summed E-state index contributed by atoms with van der Waals surface area (Å²) >= 11 is 1.81. The zero-order valence-corrected chi connectivity index (χ0v) is 13.1. The summed E-state index contributed by atoms with van der Waals surface area (Å²) in [5.74, 6) is 1.04. The first-order valence-corrected chi connectivity index (χ1v) is 8.60. The maximum absolute atomic E-state index is 13.3. The molecule has 2 rings (SSSR count). The molecule has 21 heavy (non-hydrogen) atoms. The Hall–Kier alpha value is -0.680. The molecular formula is C16H22F3NS. The summed E-state index contributed by atoms with van der Waals surface area (Å²) < 4.78 is 39.8. The van der Waals surface area contributed by atoms with E-state index in [4.69, 9.17) is 0 Å². The van der Waals surface area contributed by atoms with E-state index in [9.17, 15) is 13.2 Å². The molecule has 0 spiro atoms. The second kappa shape index (κ2) is 7.54. The molecule has 118 valence electrons. The van der Waals surface area contributed by atoms with E-state index in [1.165, 1.54) is 18.6 Å². The Balaban J connectivity index is 2.31.